The maximum atomic E-state index is 12.8. The zero-order valence-electron chi connectivity index (χ0n) is 14.4. The van der Waals surface area contributed by atoms with Gasteiger partial charge in [0.15, 0.2) is 5.13 Å². The van der Waals surface area contributed by atoms with Crippen molar-refractivity contribution in [2.24, 2.45) is 0 Å². The standard InChI is InChI=1S/C18H23N3O2S/c1-20(2)18-19-15(12-24-18)14-11-13(7-8-16(14)23-3)17(22)21-9-5-4-6-10-21/h7-8,11-12H,4-6,9-10H2,1-3H3. The Bertz CT molecular complexity index is 721. The molecule has 0 N–H and O–H groups in total. The number of carbonyl (C=O) groups excluding carboxylic acids is 1. The minimum Gasteiger partial charge on any atom is -0.496 e. The maximum absolute atomic E-state index is 12.8. The van der Waals surface area contributed by atoms with E-state index in [4.69, 9.17) is 4.74 Å². The lowest BCUT2D eigenvalue weighted by Crippen LogP contribution is -2.35. The second-order valence-electron chi connectivity index (χ2n) is 6.18. The SMILES string of the molecule is COc1ccc(C(=O)N2CCCCC2)cc1-c1csc(N(C)C)n1. The summed E-state index contributed by atoms with van der Waals surface area (Å²) in [7, 11) is 5.58. The number of anilines is 1. The molecule has 0 bridgehead atoms. The van der Waals surface area contributed by atoms with E-state index < -0.39 is 0 Å². The Morgan fingerprint density at radius 2 is 2.00 bits per heavy atom. The van der Waals surface area contributed by atoms with Gasteiger partial charge in [-0.05, 0) is 37.5 Å². The largest absolute Gasteiger partial charge is 0.496 e. The van der Waals surface area contributed by atoms with E-state index in [9.17, 15) is 4.79 Å². The predicted molar refractivity (Wildman–Crippen MR) is 98.2 cm³/mol. The number of thiazole rings is 1. The van der Waals surface area contributed by atoms with Gasteiger partial charge in [0.25, 0.3) is 5.91 Å². The molecule has 1 saturated heterocycles. The van der Waals surface area contributed by atoms with Gasteiger partial charge in [-0.1, -0.05) is 0 Å². The summed E-state index contributed by atoms with van der Waals surface area (Å²) in [6, 6.07) is 5.62. The molecule has 0 atom stereocenters. The smallest absolute Gasteiger partial charge is 0.253 e. The van der Waals surface area contributed by atoms with Crippen molar-refractivity contribution in [1.29, 1.82) is 0 Å². The number of hydrogen-bond donors (Lipinski definition) is 0. The molecule has 1 fully saturated rings. The number of nitrogens with zero attached hydrogens (tertiary/aromatic N) is 3. The van der Waals surface area contributed by atoms with Crippen LogP contribution < -0.4 is 9.64 Å². The normalized spacial score (nSPS) is 14.5. The van der Waals surface area contributed by atoms with Crippen molar-refractivity contribution in [3.8, 4) is 17.0 Å². The second-order valence-corrected chi connectivity index (χ2v) is 7.01. The molecule has 2 aromatic rings. The molecule has 0 spiro atoms. The van der Waals surface area contributed by atoms with Crippen molar-refractivity contribution in [3.05, 3.63) is 29.1 Å². The lowest BCUT2D eigenvalue weighted by Gasteiger charge is -2.27. The number of carbonyl (C=O) groups is 1. The molecule has 6 heteroatoms. The zero-order valence-corrected chi connectivity index (χ0v) is 15.2. The lowest BCUT2D eigenvalue weighted by molar-refractivity contribution is 0.0724. The molecule has 5 nitrogen and oxygen atoms in total. The van der Waals surface area contributed by atoms with Gasteiger partial charge in [0, 0.05) is 43.7 Å². The molecule has 1 aromatic heterocycles. The Kier molecular flexibility index (Phi) is 5.04. The highest BCUT2D eigenvalue weighted by molar-refractivity contribution is 7.14. The summed E-state index contributed by atoms with van der Waals surface area (Å²) in [5, 5.41) is 2.93. The van der Waals surface area contributed by atoms with Crippen LogP contribution in [0.25, 0.3) is 11.3 Å². The number of benzene rings is 1. The third-order valence-electron chi connectivity index (χ3n) is 4.24. The summed E-state index contributed by atoms with van der Waals surface area (Å²) in [5.74, 6) is 0.836. The summed E-state index contributed by atoms with van der Waals surface area (Å²) < 4.78 is 5.48. The van der Waals surface area contributed by atoms with E-state index in [0.717, 1.165) is 48.1 Å². The van der Waals surface area contributed by atoms with E-state index in [2.05, 4.69) is 4.98 Å². The number of hydrogen-bond acceptors (Lipinski definition) is 5. The molecular weight excluding hydrogens is 322 g/mol. The van der Waals surface area contributed by atoms with Crippen LogP contribution in [0.1, 0.15) is 29.6 Å². The first-order chi connectivity index (χ1) is 11.6. The Hall–Kier alpha value is -2.08. The Morgan fingerprint density at radius 3 is 2.62 bits per heavy atom. The van der Waals surface area contributed by atoms with Crippen LogP contribution in [-0.4, -0.2) is 50.1 Å². The van der Waals surface area contributed by atoms with Crippen molar-refractivity contribution in [3.63, 3.8) is 0 Å². The number of rotatable bonds is 4. The summed E-state index contributed by atoms with van der Waals surface area (Å²) >= 11 is 1.58. The fourth-order valence-electron chi connectivity index (χ4n) is 2.91. The van der Waals surface area contributed by atoms with Crippen LogP contribution in [0.4, 0.5) is 5.13 Å². The minimum absolute atomic E-state index is 0.0988. The number of piperidine rings is 1. The zero-order chi connectivity index (χ0) is 17.1. The first kappa shape index (κ1) is 16.8. The molecule has 0 saturated carbocycles. The van der Waals surface area contributed by atoms with Gasteiger partial charge < -0.3 is 14.5 Å². The number of ether oxygens (including phenoxy) is 1. The third kappa shape index (κ3) is 3.38. The van der Waals surface area contributed by atoms with E-state index in [1.165, 1.54) is 6.42 Å². The molecule has 1 aliphatic heterocycles. The number of likely N-dealkylation sites (tertiary alicyclic amines) is 1. The van der Waals surface area contributed by atoms with E-state index in [1.54, 1.807) is 18.4 Å². The molecule has 24 heavy (non-hydrogen) atoms. The topological polar surface area (TPSA) is 45.7 Å². The fourth-order valence-corrected chi connectivity index (χ4v) is 3.67. The molecule has 0 radical (unpaired) electrons. The van der Waals surface area contributed by atoms with Gasteiger partial charge in [-0.2, -0.15) is 0 Å². The van der Waals surface area contributed by atoms with Crippen molar-refractivity contribution < 1.29 is 9.53 Å². The van der Waals surface area contributed by atoms with Crippen molar-refractivity contribution in [2.75, 3.05) is 39.2 Å². The maximum Gasteiger partial charge on any atom is 0.253 e. The van der Waals surface area contributed by atoms with Crippen LogP contribution in [0.3, 0.4) is 0 Å². The molecule has 2 heterocycles. The molecule has 128 valence electrons. The van der Waals surface area contributed by atoms with Crippen molar-refractivity contribution in [2.45, 2.75) is 19.3 Å². The highest BCUT2D eigenvalue weighted by Gasteiger charge is 2.20. The van der Waals surface area contributed by atoms with Gasteiger partial charge in [0.1, 0.15) is 5.75 Å². The molecule has 1 amide bonds. The van der Waals surface area contributed by atoms with E-state index in [-0.39, 0.29) is 5.91 Å². The minimum atomic E-state index is 0.0988. The van der Waals surface area contributed by atoms with E-state index in [1.807, 2.05) is 47.5 Å². The van der Waals surface area contributed by atoms with Crippen LogP contribution in [0.2, 0.25) is 0 Å². The average Bonchev–Trinajstić information content (AvgIpc) is 3.11. The van der Waals surface area contributed by atoms with Gasteiger partial charge in [-0.25, -0.2) is 4.98 Å². The summed E-state index contributed by atoms with van der Waals surface area (Å²) in [4.78, 5) is 21.3. The van der Waals surface area contributed by atoms with Crippen LogP contribution >= 0.6 is 11.3 Å². The highest BCUT2D eigenvalue weighted by Crippen LogP contribution is 2.34. The molecule has 3 rings (SSSR count). The predicted octanol–water partition coefficient (Wildman–Crippen LogP) is 3.51. The average molecular weight is 345 g/mol. The Morgan fingerprint density at radius 1 is 1.25 bits per heavy atom. The summed E-state index contributed by atoms with van der Waals surface area (Å²) in [6.45, 7) is 1.70. The van der Waals surface area contributed by atoms with E-state index in [0.29, 0.717) is 5.56 Å². The lowest BCUT2D eigenvalue weighted by atomic mass is 10.0. The third-order valence-corrected chi connectivity index (χ3v) is 5.25. The first-order valence-electron chi connectivity index (χ1n) is 8.20. The first-order valence-corrected chi connectivity index (χ1v) is 9.08. The Balaban J connectivity index is 1.94. The van der Waals surface area contributed by atoms with E-state index >= 15 is 0 Å². The summed E-state index contributed by atoms with van der Waals surface area (Å²) in [5.41, 5.74) is 2.41. The van der Waals surface area contributed by atoms with Crippen LogP contribution in [-0.2, 0) is 0 Å². The number of amides is 1. The van der Waals surface area contributed by atoms with Gasteiger partial charge in [-0.15, -0.1) is 11.3 Å². The van der Waals surface area contributed by atoms with Crippen LogP contribution in [0.5, 0.6) is 5.75 Å². The van der Waals surface area contributed by atoms with Crippen LogP contribution in [0.15, 0.2) is 23.6 Å². The van der Waals surface area contributed by atoms with Gasteiger partial charge in [0.05, 0.1) is 12.8 Å². The van der Waals surface area contributed by atoms with Gasteiger partial charge in [0.2, 0.25) is 0 Å². The highest BCUT2D eigenvalue weighted by atomic mass is 32.1. The molecule has 1 aromatic carbocycles. The molecular formula is C18H23N3O2S. The Labute approximate surface area is 146 Å². The summed E-state index contributed by atoms with van der Waals surface area (Å²) in [6.07, 6.45) is 3.39. The fraction of sp³-hybridized carbons (Fsp3) is 0.444. The van der Waals surface area contributed by atoms with Gasteiger partial charge >= 0.3 is 0 Å². The molecule has 0 unspecified atom stereocenters. The molecule has 1 aliphatic rings. The second kappa shape index (κ2) is 7.21. The monoisotopic (exact) mass is 345 g/mol. The van der Waals surface area contributed by atoms with Gasteiger partial charge in [-0.3, -0.25) is 4.79 Å². The molecule has 0 aliphatic carbocycles. The van der Waals surface area contributed by atoms with Crippen molar-refractivity contribution >= 4 is 22.4 Å². The van der Waals surface area contributed by atoms with Crippen LogP contribution in [0, 0.1) is 0 Å². The number of methoxy groups -OCH3 is 1. The quantitative estimate of drug-likeness (QED) is 0.851. The number of aromatic nitrogens is 1. The van der Waals surface area contributed by atoms with Crippen molar-refractivity contribution in [1.82, 2.24) is 9.88 Å².